The van der Waals surface area contributed by atoms with Crippen LogP contribution in [0.25, 0.3) is 11.3 Å². The summed E-state index contributed by atoms with van der Waals surface area (Å²) in [5, 5.41) is 0. The molecule has 2 heteroatoms. The fourth-order valence-electron chi connectivity index (χ4n) is 4.10. The van der Waals surface area contributed by atoms with E-state index in [4.69, 9.17) is 0 Å². The molecule has 1 aromatic heterocycles. The third-order valence-corrected chi connectivity index (χ3v) is 5.17. The van der Waals surface area contributed by atoms with Crippen molar-refractivity contribution in [3.05, 3.63) is 42.4 Å². The van der Waals surface area contributed by atoms with Gasteiger partial charge >= 0.3 is 0 Å². The minimum atomic E-state index is 0.519. The van der Waals surface area contributed by atoms with E-state index in [1.165, 1.54) is 61.8 Å². The Labute approximate surface area is 120 Å². The first kappa shape index (κ1) is 12.2. The van der Waals surface area contributed by atoms with E-state index in [2.05, 4.69) is 33.8 Å². The van der Waals surface area contributed by atoms with Gasteiger partial charge in [0.2, 0.25) is 0 Å². The highest BCUT2D eigenvalue weighted by Gasteiger charge is 2.28. The molecule has 2 aromatic rings. The molecular formula is C18H22N2. The summed E-state index contributed by atoms with van der Waals surface area (Å²) in [5.74, 6) is 0.962. The lowest BCUT2D eigenvalue weighted by Gasteiger charge is -2.23. The van der Waals surface area contributed by atoms with E-state index in [-0.39, 0.29) is 0 Å². The molecule has 2 nitrogen and oxygen atoms in total. The Kier molecular flexibility index (Phi) is 3.10. The highest BCUT2D eigenvalue weighted by molar-refractivity contribution is 5.68. The van der Waals surface area contributed by atoms with Crippen molar-refractivity contribution in [3.63, 3.8) is 0 Å². The quantitative estimate of drug-likeness (QED) is 0.779. The van der Waals surface area contributed by atoms with Gasteiger partial charge in [-0.1, -0.05) is 56.4 Å². The number of imidazole rings is 1. The van der Waals surface area contributed by atoms with Crippen LogP contribution in [-0.2, 0) is 0 Å². The number of fused-ring (bicyclic) bond motifs is 3. The van der Waals surface area contributed by atoms with Crippen molar-refractivity contribution in [2.45, 2.75) is 51.0 Å². The van der Waals surface area contributed by atoms with Gasteiger partial charge in [0.05, 0.1) is 24.3 Å². The van der Waals surface area contributed by atoms with Gasteiger partial charge < -0.3 is 4.57 Å². The van der Waals surface area contributed by atoms with Crippen LogP contribution in [0.4, 0.5) is 0 Å². The van der Waals surface area contributed by atoms with Gasteiger partial charge in [-0.25, -0.2) is 4.98 Å². The maximum Gasteiger partial charge on any atom is 0.0956 e. The number of hydrogen-bond donors (Lipinski definition) is 0. The first-order valence-electron chi connectivity index (χ1n) is 8.04. The Balaban J connectivity index is 1.56. The molecule has 4 rings (SSSR count). The Bertz CT molecular complexity index is 593. The Hall–Kier alpha value is -1.57. The van der Waals surface area contributed by atoms with Crippen molar-refractivity contribution in [1.29, 1.82) is 0 Å². The van der Waals surface area contributed by atoms with Gasteiger partial charge in [0.1, 0.15) is 0 Å². The van der Waals surface area contributed by atoms with Crippen LogP contribution in [-0.4, -0.2) is 9.55 Å². The highest BCUT2D eigenvalue weighted by atomic mass is 15.1. The second-order valence-electron chi connectivity index (χ2n) is 6.37. The van der Waals surface area contributed by atoms with Gasteiger partial charge in [0.15, 0.2) is 0 Å². The molecule has 20 heavy (non-hydrogen) atoms. The highest BCUT2D eigenvalue weighted by Crippen LogP contribution is 2.42. The molecule has 1 aliphatic heterocycles. The van der Waals surface area contributed by atoms with Crippen molar-refractivity contribution in [1.82, 2.24) is 9.55 Å². The number of hydrogen-bond acceptors (Lipinski definition) is 1. The van der Waals surface area contributed by atoms with Gasteiger partial charge in [0, 0.05) is 5.56 Å². The minimum Gasteiger partial charge on any atom is -0.323 e. The molecule has 0 N–H and O–H groups in total. The second kappa shape index (κ2) is 5.08. The summed E-state index contributed by atoms with van der Waals surface area (Å²) < 4.78 is 2.38. The molecule has 1 fully saturated rings. The molecule has 0 bridgehead atoms. The zero-order chi connectivity index (χ0) is 13.4. The van der Waals surface area contributed by atoms with Gasteiger partial charge in [-0.05, 0) is 24.3 Å². The molecule has 2 heterocycles. The average molecular weight is 266 g/mol. The summed E-state index contributed by atoms with van der Waals surface area (Å²) in [7, 11) is 0. The molecule has 1 aromatic carbocycles. The molecule has 0 unspecified atom stereocenters. The molecule has 0 amide bonds. The van der Waals surface area contributed by atoms with Crippen LogP contribution in [0.2, 0.25) is 0 Å². The number of benzene rings is 1. The zero-order valence-corrected chi connectivity index (χ0v) is 12.0. The van der Waals surface area contributed by atoms with Crippen LogP contribution >= 0.6 is 0 Å². The molecule has 0 radical (unpaired) electrons. The number of rotatable bonds is 3. The Morgan fingerprint density at radius 3 is 2.80 bits per heavy atom. The van der Waals surface area contributed by atoms with Crippen LogP contribution in [0.1, 0.15) is 56.6 Å². The largest absolute Gasteiger partial charge is 0.323 e. The molecule has 1 aliphatic carbocycles. The Morgan fingerprint density at radius 1 is 1.05 bits per heavy atom. The Morgan fingerprint density at radius 2 is 1.90 bits per heavy atom. The monoisotopic (exact) mass is 266 g/mol. The van der Waals surface area contributed by atoms with Crippen LogP contribution < -0.4 is 0 Å². The van der Waals surface area contributed by atoms with Gasteiger partial charge in [-0.15, -0.1) is 0 Å². The summed E-state index contributed by atoms with van der Waals surface area (Å²) >= 11 is 0. The van der Waals surface area contributed by atoms with Crippen molar-refractivity contribution >= 4 is 0 Å². The van der Waals surface area contributed by atoms with Crippen molar-refractivity contribution in [3.8, 4) is 11.3 Å². The predicted octanol–water partition coefficient (Wildman–Crippen LogP) is 4.81. The first-order valence-corrected chi connectivity index (χ1v) is 8.04. The molecule has 1 atom stereocenters. The van der Waals surface area contributed by atoms with E-state index in [9.17, 15) is 0 Å². The van der Waals surface area contributed by atoms with E-state index < -0.39 is 0 Å². The van der Waals surface area contributed by atoms with E-state index in [0.29, 0.717) is 6.04 Å². The van der Waals surface area contributed by atoms with Crippen molar-refractivity contribution in [2.24, 2.45) is 5.92 Å². The van der Waals surface area contributed by atoms with Crippen LogP contribution in [0.5, 0.6) is 0 Å². The minimum absolute atomic E-state index is 0.519. The molecular weight excluding hydrogens is 244 g/mol. The molecule has 1 saturated carbocycles. The number of nitrogens with zero attached hydrogens (tertiary/aromatic N) is 2. The lowest BCUT2D eigenvalue weighted by atomic mass is 9.84. The zero-order valence-electron chi connectivity index (χ0n) is 12.0. The van der Waals surface area contributed by atoms with Crippen LogP contribution in [0.15, 0.2) is 36.8 Å². The van der Waals surface area contributed by atoms with E-state index in [0.717, 1.165) is 5.92 Å². The fourth-order valence-corrected chi connectivity index (χ4v) is 4.10. The summed E-state index contributed by atoms with van der Waals surface area (Å²) in [6, 6.07) is 9.37. The summed E-state index contributed by atoms with van der Waals surface area (Å²) in [5.41, 5.74) is 4.19. The van der Waals surface area contributed by atoms with Crippen molar-refractivity contribution in [2.75, 3.05) is 0 Å². The van der Waals surface area contributed by atoms with Gasteiger partial charge in [-0.2, -0.15) is 0 Å². The number of aromatic nitrogens is 2. The van der Waals surface area contributed by atoms with Gasteiger partial charge in [0.25, 0.3) is 0 Å². The third kappa shape index (κ3) is 1.98. The van der Waals surface area contributed by atoms with E-state index in [1.807, 2.05) is 12.5 Å². The molecule has 0 saturated heterocycles. The SMILES string of the molecule is c1ccc2c(c1)-c1cncn1[C@H]2CCC1CCCCC1. The molecule has 104 valence electrons. The maximum atomic E-state index is 4.35. The van der Waals surface area contributed by atoms with Gasteiger partial charge in [-0.3, -0.25) is 0 Å². The normalized spacial score (nSPS) is 21.7. The summed E-state index contributed by atoms with van der Waals surface area (Å²) in [6.07, 6.45) is 13.9. The summed E-state index contributed by atoms with van der Waals surface area (Å²) in [4.78, 5) is 4.35. The predicted molar refractivity (Wildman–Crippen MR) is 81.6 cm³/mol. The first-order chi connectivity index (χ1) is 9.93. The van der Waals surface area contributed by atoms with Crippen LogP contribution in [0.3, 0.4) is 0 Å². The fraction of sp³-hybridized carbons (Fsp3) is 0.500. The lowest BCUT2D eigenvalue weighted by molar-refractivity contribution is 0.318. The van der Waals surface area contributed by atoms with Crippen LogP contribution in [0, 0.1) is 5.92 Å². The standard InChI is InChI=1S/C18H22N2/c1-2-6-14(7-3-1)10-11-17-15-8-4-5-9-16(15)18-12-19-13-20(17)18/h4-5,8-9,12-14,17H,1-3,6-7,10-11H2/t17-/m0/s1. The topological polar surface area (TPSA) is 17.8 Å². The maximum absolute atomic E-state index is 4.35. The summed E-state index contributed by atoms with van der Waals surface area (Å²) in [6.45, 7) is 0. The smallest absolute Gasteiger partial charge is 0.0956 e. The average Bonchev–Trinajstić information content (AvgIpc) is 3.07. The van der Waals surface area contributed by atoms with E-state index >= 15 is 0 Å². The van der Waals surface area contributed by atoms with E-state index in [1.54, 1.807) is 0 Å². The molecule has 2 aliphatic rings. The lowest BCUT2D eigenvalue weighted by Crippen LogP contribution is -2.11. The molecule has 0 spiro atoms. The second-order valence-corrected chi connectivity index (χ2v) is 6.37. The third-order valence-electron chi connectivity index (χ3n) is 5.17. The van der Waals surface area contributed by atoms with Crippen molar-refractivity contribution < 1.29 is 0 Å².